The van der Waals surface area contributed by atoms with Crippen molar-refractivity contribution in [3.8, 4) is 5.69 Å². The van der Waals surface area contributed by atoms with Gasteiger partial charge in [-0.1, -0.05) is 0 Å². The summed E-state index contributed by atoms with van der Waals surface area (Å²) in [7, 11) is 3.87. The molecule has 0 atom stereocenters. The minimum Gasteiger partial charge on any atom is -0.369 e. The molecule has 0 unspecified atom stereocenters. The third-order valence-electron chi connectivity index (χ3n) is 4.78. The van der Waals surface area contributed by atoms with Gasteiger partial charge in [0.05, 0.1) is 5.69 Å². The number of nitrogens with two attached hydrogens (primary N) is 1. The summed E-state index contributed by atoms with van der Waals surface area (Å²) in [6.07, 6.45) is 3.33. The summed E-state index contributed by atoms with van der Waals surface area (Å²) < 4.78 is 26.3. The Morgan fingerprint density at radius 1 is 1.15 bits per heavy atom. The molecule has 0 amide bonds. The van der Waals surface area contributed by atoms with Gasteiger partial charge in [0.2, 0.25) is 5.95 Å². The molecule has 8 nitrogen and oxygen atoms in total. The van der Waals surface area contributed by atoms with Gasteiger partial charge in [-0.2, -0.15) is 4.98 Å². The Balaban J connectivity index is 1.84. The number of likely N-dealkylation sites (N-methyl/N-ethyl adjacent to an activating group) is 1. The third-order valence-corrected chi connectivity index (χ3v) is 6.13. The number of rotatable bonds is 3. The Kier molecular flexibility index (Phi) is 4.45. The van der Waals surface area contributed by atoms with E-state index >= 15 is 0 Å². The molecule has 27 heavy (non-hydrogen) atoms. The van der Waals surface area contributed by atoms with Crippen LogP contribution in [0, 0.1) is 0 Å². The van der Waals surface area contributed by atoms with Crippen molar-refractivity contribution < 1.29 is 8.42 Å². The van der Waals surface area contributed by atoms with E-state index in [1.807, 2.05) is 6.07 Å². The summed E-state index contributed by atoms with van der Waals surface area (Å²) in [5, 5.41) is 0.755. The highest BCUT2D eigenvalue weighted by Crippen LogP contribution is 2.31. The quantitative estimate of drug-likeness (QED) is 0.661. The average molecular weight is 407 g/mol. The molecule has 0 radical (unpaired) electrons. The summed E-state index contributed by atoms with van der Waals surface area (Å²) in [5.74, 6) is 0.117. The number of piperazine rings is 1. The third kappa shape index (κ3) is 3.45. The van der Waals surface area contributed by atoms with E-state index in [2.05, 4.69) is 26.8 Å². The van der Waals surface area contributed by atoms with Crippen LogP contribution in [0.5, 0.6) is 0 Å². The van der Waals surface area contributed by atoms with Gasteiger partial charge in [-0.25, -0.2) is 13.4 Å². The second kappa shape index (κ2) is 6.66. The van der Waals surface area contributed by atoms with Gasteiger partial charge < -0.3 is 15.5 Å². The summed E-state index contributed by atoms with van der Waals surface area (Å²) in [5.41, 5.74) is 7.48. The van der Waals surface area contributed by atoms with E-state index in [1.165, 1.54) is 0 Å². The van der Waals surface area contributed by atoms with Crippen LogP contribution < -0.4 is 10.6 Å². The van der Waals surface area contributed by atoms with Crippen molar-refractivity contribution in [1.29, 1.82) is 0 Å². The lowest BCUT2D eigenvalue weighted by Gasteiger charge is -2.34. The highest BCUT2D eigenvalue weighted by Gasteiger charge is 2.22. The van der Waals surface area contributed by atoms with Crippen molar-refractivity contribution in [3.63, 3.8) is 0 Å². The van der Waals surface area contributed by atoms with Crippen molar-refractivity contribution in [2.75, 3.05) is 43.9 Å². The van der Waals surface area contributed by atoms with E-state index < -0.39 is 9.05 Å². The van der Waals surface area contributed by atoms with Crippen LogP contribution in [-0.4, -0.2) is 61.1 Å². The number of aromatic nitrogens is 3. The Labute approximate surface area is 161 Å². The number of halogens is 1. The lowest BCUT2D eigenvalue weighted by Crippen LogP contribution is -2.44. The zero-order valence-corrected chi connectivity index (χ0v) is 16.3. The molecule has 4 rings (SSSR count). The molecule has 3 heterocycles. The van der Waals surface area contributed by atoms with E-state index in [0.29, 0.717) is 11.3 Å². The first-order valence-electron chi connectivity index (χ1n) is 8.45. The van der Waals surface area contributed by atoms with Gasteiger partial charge in [0.25, 0.3) is 9.05 Å². The molecule has 0 aliphatic carbocycles. The smallest absolute Gasteiger partial charge is 0.263 e. The maximum absolute atomic E-state index is 12.3. The Morgan fingerprint density at radius 3 is 2.59 bits per heavy atom. The largest absolute Gasteiger partial charge is 0.369 e. The van der Waals surface area contributed by atoms with E-state index in [9.17, 15) is 8.42 Å². The maximum atomic E-state index is 12.3. The molecule has 2 aromatic heterocycles. The first kappa shape index (κ1) is 18.0. The molecule has 142 valence electrons. The maximum Gasteiger partial charge on any atom is 0.263 e. The summed E-state index contributed by atoms with van der Waals surface area (Å²) >= 11 is 0. The molecule has 1 aromatic carbocycles. The van der Waals surface area contributed by atoms with Gasteiger partial charge in [-0.05, 0) is 31.3 Å². The second-order valence-electron chi connectivity index (χ2n) is 6.57. The summed E-state index contributed by atoms with van der Waals surface area (Å²) in [4.78, 5) is 12.6. The zero-order valence-electron chi connectivity index (χ0n) is 14.7. The number of anilines is 2. The van der Waals surface area contributed by atoms with Gasteiger partial charge in [0.1, 0.15) is 10.5 Å². The molecule has 1 aliphatic heterocycles. The van der Waals surface area contributed by atoms with Gasteiger partial charge in [-0.3, -0.25) is 4.57 Å². The van der Waals surface area contributed by atoms with Crippen LogP contribution in [0.25, 0.3) is 16.7 Å². The van der Waals surface area contributed by atoms with E-state index in [-0.39, 0.29) is 10.8 Å². The number of hydrogen-bond donors (Lipinski definition) is 1. The molecule has 0 bridgehead atoms. The van der Waals surface area contributed by atoms with Crippen LogP contribution >= 0.6 is 10.7 Å². The fourth-order valence-corrected chi connectivity index (χ4v) is 4.33. The molecular weight excluding hydrogens is 388 g/mol. The van der Waals surface area contributed by atoms with Gasteiger partial charge in [0.15, 0.2) is 0 Å². The molecule has 1 saturated heterocycles. The highest BCUT2D eigenvalue weighted by molar-refractivity contribution is 8.13. The van der Waals surface area contributed by atoms with Crippen LogP contribution in [0.4, 0.5) is 11.6 Å². The first-order valence-corrected chi connectivity index (χ1v) is 10.8. The minimum atomic E-state index is -3.97. The van der Waals surface area contributed by atoms with Crippen LogP contribution in [-0.2, 0) is 9.05 Å². The minimum absolute atomic E-state index is 0.0373. The number of nitrogen functional groups attached to an aromatic ring is 1. The predicted octanol–water partition coefficient (Wildman–Crippen LogP) is 1.68. The van der Waals surface area contributed by atoms with Crippen molar-refractivity contribution >= 4 is 42.4 Å². The van der Waals surface area contributed by atoms with Crippen LogP contribution in [0.15, 0.2) is 41.6 Å². The van der Waals surface area contributed by atoms with Crippen LogP contribution in [0.1, 0.15) is 0 Å². The number of benzene rings is 1. The summed E-state index contributed by atoms with van der Waals surface area (Å²) in [6, 6.07) is 7.08. The fraction of sp³-hybridized carbons (Fsp3) is 0.294. The van der Waals surface area contributed by atoms with E-state index in [1.54, 1.807) is 35.2 Å². The van der Waals surface area contributed by atoms with E-state index in [0.717, 1.165) is 37.3 Å². The first-order chi connectivity index (χ1) is 12.8. The average Bonchev–Trinajstić information content (AvgIpc) is 3.04. The van der Waals surface area contributed by atoms with Crippen molar-refractivity contribution in [2.45, 2.75) is 4.90 Å². The molecule has 0 spiro atoms. The van der Waals surface area contributed by atoms with Crippen molar-refractivity contribution in [2.24, 2.45) is 0 Å². The van der Waals surface area contributed by atoms with Gasteiger partial charge in [-0.15, -0.1) is 0 Å². The standard InChI is InChI=1S/C17H19ClN6O2S/c1-22-6-8-23(9-7-22)13-2-3-14(15(10-13)27(18,25)26)24-5-4-12-11-20-17(19)21-16(12)24/h2-5,10-11H,6-9H2,1H3,(H2,19,20,21). The molecular formula is C17H19ClN6O2S. The monoisotopic (exact) mass is 406 g/mol. The lowest BCUT2D eigenvalue weighted by molar-refractivity contribution is 0.313. The lowest BCUT2D eigenvalue weighted by atomic mass is 10.2. The molecule has 10 heteroatoms. The number of hydrogen-bond acceptors (Lipinski definition) is 7. The number of nitrogens with zero attached hydrogens (tertiary/aromatic N) is 5. The van der Waals surface area contributed by atoms with Crippen molar-refractivity contribution in [1.82, 2.24) is 19.4 Å². The van der Waals surface area contributed by atoms with E-state index in [4.69, 9.17) is 16.4 Å². The fourth-order valence-electron chi connectivity index (χ4n) is 3.28. The van der Waals surface area contributed by atoms with Crippen molar-refractivity contribution in [3.05, 3.63) is 36.7 Å². The number of fused-ring (bicyclic) bond motifs is 1. The van der Waals surface area contributed by atoms with Gasteiger partial charge in [0, 0.05) is 60.3 Å². The molecule has 2 N–H and O–H groups in total. The second-order valence-corrected chi connectivity index (χ2v) is 9.11. The SMILES string of the molecule is CN1CCN(c2ccc(-n3ccc4cnc(N)nc43)c(S(=O)(=O)Cl)c2)CC1. The molecule has 0 saturated carbocycles. The summed E-state index contributed by atoms with van der Waals surface area (Å²) in [6.45, 7) is 3.49. The molecule has 1 fully saturated rings. The van der Waals surface area contributed by atoms with Gasteiger partial charge >= 0.3 is 0 Å². The molecule has 3 aromatic rings. The van der Waals surface area contributed by atoms with Crippen LogP contribution in [0.3, 0.4) is 0 Å². The molecule has 1 aliphatic rings. The topological polar surface area (TPSA) is 97.3 Å². The Bertz CT molecular complexity index is 1110. The zero-order chi connectivity index (χ0) is 19.2. The predicted molar refractivity (Wildman–Crippen MR) is 106 cm³/mol. The Hall–Kier alpha value is -2.36. The van der Waals surface area contributed by atoms with Crippen LogP contribution in [0.2, 0.25) is 0 Å². The highest BCUT2D eigenvalue weighted by atomic mass is 35.7. The Morgan fingerprint density at radius 2 is 1.89 bits per heavy atom. The normalized spacial score (nSPS) is 16.1.